The van der Waals surface area contributed by atoms with Gasteiger partial charge in [0.1, 0.15) is 18.7 Å². The number of carbonyl (C=O) groups excluding carboxylic acids is 5. The van der Waals surface area contributed by atoms with Crippen molar-refractivity contribution in [1.82, 2.24) is 15.5 Å². The van der Waals surface area contributed by atoms with Crippen LogP contribution < -0.4 is 10.6 Å². The van der Waals surface area contributed by atoms with Crippen LogP contribution in [-0.4, -0.2) is 59.9 Å². The Hall–Kier alpha value is -4.21. The van der Waals surface area contributed by atoms with E-state index in [0.717, 1.165) is 10.5 Å². The normalized spacial score (nSPS) is 14.1. The van der Waals surface area contributed by atoms with Gasteiger partial charge in [-0.15, -0.1) is 0 Å². The molecule has 1 aliphatic rings. The van der Waals surface area contributed by atoms with Crippen molar-refractivity contribution in [2.75, 3.05) is 13.2 Å². The van der Waals surface area contributed by atoms with Crippen molar-refractivity contribution in [1.29, 1.82) is 0 Å². The lowest BCUT2D eigenvalue weighted by Crippen LogP contribution is -2.55. The molecule has 1 heterocycles. The first-order valence-corrected chi connectivity index (χ1v) is 12.6. The number of alkyl carbamates (subject to hydrolysis) is 1. The van der Waals surface area contributed by atoms with Crippen LogP contribution in [0, 0.1) is 5.92 Å². The number of ether oxygens (including phenoxy) is 2. The molecule has 0 unspecified atom stereocenters. The first kappa shape index (κ1) is 28.4. The van der Waals surface area contributed by atoms with Gasteiger partial charge < -0.3 is 20.1 Å². The van der Waals surface area contributed by atoms with Gasteiger partial charge in [-0.05, 0) is 43.4 Å². The van der Waals surface area contributed by atoms with Crippen molar-refractivity contribution >= 4 is 29.8 Å². The molecule has 1 aliphatic heterocycles. The van der Waals surface area contributed by atoms with Crippen molar-refractivity contribution in [2.24, 2.45) is 5.92 Å². The molecule has 10 heteroatoms. The number of amides is 4. The van der Waals surface area contributed by atoms with Crippen molar-refractivity contribution < 1.29 is 33.4 Å². The Morgan fingerprint density at radius 1 is 0.895 bits per heavy atom. The van der Waals surface area contributed by atoms with E-state index in [2.05, 4.69) is 10.6 Å². The van der Waals surface area contributed by atoms with E-state index >= 15 is 0 Å². The minimum absolute atomic E-state index is 0.112. The summed E-state index contributed by atoms with van der Waals surface area (Å²) in [5, 5.41) is 5.28. The average Bonchev–Trinajstić information content (AvgIpc) is 3.15. The van der Waals surface area contributed by atoms with Gasteiger partial charge in [0.25, 0.3) is 11.8 Å². The highest BCUT2D eigenvalue weighted by atomic mass is 16.5. The zero-order chi connectivity index (χ0) is 27.7. The van der Waals surface area contributed by atoms with Gasteiger partial charge in [-0.1, -0.05) is 56.3 Å². The molecule has 0 fully saturated rings. The Morgan fingerprint density at radius 3 is 2.08 bits per heavy atom. The molecule has 0 aliphatic carbocycles. The monoisotopic (exact) mass is 523 g/mol. The molecule has 202 valence electrons. The lowest BCUT2D eigenvalue weighted by Gasteiger charge is -2.30. The zero-order valence-corrected chi connectivity index (χ0v) is 21.8. The molecule has 0 radical (unpaired) electrons. The molecule has 10 nitrogen and oxygen atoms in total. The van der Waals surface area contributed by atoms with E-state index in [-0.39, 0.29) is 37.3 Å². The third-order valence-electron chi connectivity index (χ3n) is 6.04. The Bertz CT molecular complexity index is 1130. The number of nitrogens with one attached hydrogen (secondary N) is 2. The van der Waals surface area contributed by atoms with E-state index in [1.807, 2.05) is 30.3 Å². The summed E-state index contributed by atoms with van der Waals surface area (Å²) in [6, 6.07) is 13.5. The molecular weight excluding hydrogens is 490 g/mol. The summed E-state index contributed by atoms with van der Waals surface area (Å²) < 4.78 is 10.3. The van der Waals surface area contributed by atoms with Crippen LogP contribution in [0.15, 0.2) is 54.6 Å². The summed E-state index contributed by atoms with van der Waals surface area (Å²) in [6.45, 7) is 5.53. The van der Waals surface area contributed by atoms with Crippen LogP contribution in [0.3, 0.4) is 0 Å². The first-order chi connectivity index (χ1) is 18.2. The quantitative estimate of drug-likeness (QED) is 0.248. The molecule has 38 heavy (non-hydrogen) atoms. The lowest BCUT2D eigenvalue weighted by atomic mass is 10.0. The Morgan fingerprint density at radius 2 is 1.50 bits per heavy atom. The summed E-state index contributed by atoms with van der Waals surface area (Å²) in [7, 11) is 0. The smallest absolute Gasteiger partial charge is 0.407 e. The fraction of sp³-hybridized carbons (Fsp3) is 0.393. The van der Waals surface area contributed by atoms with Gasteiger partial charge in [0, 0.05) is 6.54 Å². The second kappa shape index (κ2) is 13.4. The maximum absolute atomic E-state index is 13.3. The minimum Gasteiger partial charge on any atom is -0.464 e. The van der Waals surface area contributed by atoms with Gasteiger partial charge in [0.15, 0.2) is 0 Å². The fourth-order valence-corrected chi connectivity index (χ4v) is 4.20. The largest absolute Gasteiger partial charge is 0.464 e. The van der Waals surface area contributed by atoms with Crippen LogP contribution in [0.5, 0.6) is 0 Å². The van der Waals surface area contributed by atoms with Gasteiger partial charge in [0.05, 0.1) is 17.7 Å². The summed E-state index contributed by atoms with van der Waals surface area (Å²) in [6.07, 6.45) is -0.101. The second-order valence-corrected chi connectivity index (χ2v) is 9.16. The number of fused-ring (bicyclic) bond motifs is 1. The number of rotatable bonds is 12. The SMILES string of the molecule is CCOC(=O)[C@@H](CCCNC(=O)OCc1ccccc1)NC(=O)[C@H](C(C)C)N1C(=O)c2ccccc2C1=O. The van der Waals surface area contributed by atoms with Gasteiger partial charge in [-0.3, -0.25) is 19.3 Å². The van der Waals surface area contributed by atoms with Crippen molar-refractivity contribution in [3.05, 3.63) is 71.3 Å². The summed E-state index contributed by atoms with van der Waals surface area (Å²) in [4.78, 5) is 64.8. The van der Waals surface area contributed by atoms with E-state index < -0.39 is 47.8 Å². The molecule has 2 atom stereocenters. The van der Waals surface area contributed by atoms with E-state index in [1.165, 1.54) is 0 Å². The molecule has 0 saturated heterocycles. The highest BCUT2D eigenvalue weighted by molar-refractivity contribution is 6.22. The third-order valence-corrected chi connectivity index (χ3v) is 6.04. The third kappa shape index (κ3) is 6.96. The molecule has 2 aromatic rings. The topological polar surface area (TPSA) is 131 Å². The molecule has 0 spiro atoms. The van der Waals surface area contributed by atoms with Gasteiger partial charge in [-0.2, -0.15) is 0 Å². The standard InChI is InChI=1S/C28H33N3O7/c1-4-37-27(35)22(15-10-16-29-28(36)38-17-19-11-6-5-7-12-19)30-24(32)23(18(2)3)31-25(33)20-13-8-9-14-21(20)26(31)34/h5-9,11-14,18,22-23H,4,10,15-17H2,1-3H3,(H,29,36)(H,30,32)/t22-,23+/m1/s1. The minimum atomic E-state index is -1.12. The number of hydrogen-bond acceptors (Lipinski definition) is 7. The highest BCUT2D eigenvalue weighted by Crippen LogP contribution is 2.27. The average molecular weight is 524 g/mol. The number of imide groups is 1. The van der Waals surface area contributed by atoms with Crippen LogP contribution in [0.2, 0.25) is 0 Å². The molecule has 2 aromatic carbocycles. The molecule has 3 rings (SSSR count). The van der Waals surface area contributed by atoms with Crippen LogP contribution >= 0.6 is 0 Å². The lowest BCUT2D eigenvalue weighted by molar-refractivity contribution is -0.148. The number of esters is 1. The Kier molecular flexibility index (Phi) is 9.98. The fourth-order valence-electron chi connectivity index (χ4n) is 4.20. The van der Waals surface area contributed by atoms with Gasteiger partial charge in [0.2, 0.25) is 5.91 Å². The van der Waals surface area contributed by atoms with Crippen molar-refractivity contribution in [3.8, 4) is 0 Å². The maximum atomic E-state index is 13.3. The van der Waals surface area contributed by atoms with E-state index in [1.54, 1.807) is 45.0 Å². The molecular formula is C28H33N3O7. The summed E-state index contributed by atoms with van der Waals surface area (Å²) in [5.74, 6) is -2.79. The van der Waals surface area contributed by atoms with E-state index in [0.29, 0.717) is 6.42 Å². The Labute approximate surface area is 221 Å². The van der Waals surface area contributed by atoms with Crippen molar-refractivity contribution in [3.63, 3.8) is 0 Å². The zero-order valence-electron chi connectivity index (χ0n) is 21.8. The van der Waals surface area contributed by atoms with Crippen LogP contribution in [0.25, 0.3) is 0 Å². The van der Waals surface area contributed by atoms with Gasteiger partial charge in [-0.25, -0.2) is 9.59 Å². The number of hydrogen-bond donors (Lipinski definition) is 2. The summed E-state index contributed by atoms with van der Waals surface area (Å²) in [5.41, 5.74) is 1.33. The predicted molar refractivity (Wildman–Crippen MR) is 138 cm³/mol. The van der Waals surface area contributed by atoms with Crippen molar-refractivity contribution in [2.45, 2.75) is 52.3 Å². The van der Waals surface area contributed by atoms with E-state index in [9.17, 15) is 24.0 Å². The molecule has 4 amide bonds. The number of carbonyl (C=O) groups is 5. The van der Waals surface area contributed by atoms with Gasteiger partial charge >= 0.3 is 12.1 Å². The maximum Gasteiger partial charge on any atom is 0.407 e. The molecule has 2 N–H and O–H groups in total. The Balaban J connectivity index is 1.59. The number of benzene rings is 2. The van der Waals surface area contributed by atoms with Crippen LogP contribution in [-0.2, 0) is 25.7 Å². The highest BCUT2D eigenvalue weighted by Gasteiger charge is 2.44. The number of nitrogens with zero attached hydrogens (tertiary/aromatic N) is 1. The summed E-state index contributed by atoms with van der Waals surface area (Å²) >= 11 is 0. The predicted octanol–water partition coefficient (Wildman–Crippen LogP) is 3.06. The van der Waals surface area contributed by atoms with Crippen LogP contribution in [0.4, 0.5) is 4.79 Å². The molecule has 0 bridgehead atoms. The second-order valence-electron chi connectivity index (χ2n) is 9.16. The molecule has 0 saturated carbocycles. The first-order valence-electron chi connectivity index (χ1n) is 12.6. The van der Waals surface area contributed by atoms with Crippen LogP contribution in [0.1, 0.15) is 59.9 Å². The van der Waals surface area contributed by atoms with E-state index in [4.69, 9.17) is 9.47 Å². The molecule has 0 aromatic heterocycles.